The number of hydrogen-bond acceptors (Lipinski definition) is 6. The van der Waals surface area contributed by atoms with Crippen LogP contribution in [0.4, 0.5) is 10.9 Å². The Morgan fingerprint density at radius 3 is 2.88 bits per heavy atom. The third-order valence-electron chi connectivity index (χ3n) is 2.21. The molecule has 16 heavy (non-hydrogen) atoms. The van der Waals surface area contributed by atoms with Gasteiger partial charge in [-0.05, 0) is 6.42 Å². The highest BCUT2D eigenvalue weighted by Gasteiger charge is 2.20. The number of aromatic nitrogens is 1. The van der Waals surface area contributed by atoms with E-state index in [2.05, 4.69) is 11.9 Å². The molecule has 6 heteroatoms. The van der Waals surface area contributed by atoms with Gasteiger partial charge in [-0.1, -0.05) is 24.7 Å². The van der Waals surface area contributed by atoms with E-state index in [0.29, 0.717) is 15.8 Å². The van der Waals surface area contributed by atoms with Crippen molar-refractivity contribution in [2.75, 3.05) is 31.3 Å². The van der Waals surface area contributed by atoms with Crippen molar-refractivity contribution in [3.63, 3.8) is 0 Å². The first-order chi connectivity index (χ1) is 7.60. The molecule has 1 aromatic heterocycles. The van der Waals surface area contributed by atoms with Gasteiger partial charge in [-0.3, -0.25) is 0 Å². The van der Waals surface area contributed by atoms with E-state index in [4.69, 9.17) is 10.5 Å². The summed E-state index contributed by atoms with van der Waals surface area (Å²) in [5, 5.41) is 0.388. The number of esters is 1. The predicted octanol–water partition coefficient (Wildman–Crippen LogP) is 1.75. The molecule has 0 aromatic carbocycles. The van der Waals surface area contributed by atoms with Crippen molar-refractivity contribution in [3.8, 4) is 0 Å². The highest BCUT2D eigenvalue weighted by molar-refractivity contribution is 7.17. The van der Waals surface area contributed by atoms with Gasteiger partial charge in [-0.15, -0.1) is 0 Å². The van der Waals surface area contributed by atoms with Crippen LogP contribution in [0.2, 0.25) is 0 Å². The zero-order valence-corrected chi connectivity index (χ0v) is 10.6. The molecule has 0 aliphatic rings. The largest absolute Gasteiger partial charge is 0.465 e. The highest BCUT2D eigenvalue weighted by Crippen LogP contribution is 2.28. The number of nitrogens with zero attached hydrogens (tertiary/aromatic N) is 2. The Bertz CT molecular complexity index is 365. The average molecular weight is 243 g/mol. The predicted molar refractivity (Wildman–Crippen MR) is 66.0 cm³/mol. The van der Waals surface area contributed by atoms with Crippen molar-refractivity contribution in [1.29, 1.82) is 0 Å². The summed E-state index contributed by atoms with van der Waals surface area (Å²) in [5.41, 5.74) is 5.61. The van der Waals surface area contributed by atoms with Gasteiger partial charge >= 0.3 is 5.97 Å². The minimum Gasteiger partial charge on any atom is -0.465 e. The third-order valence-corrected chi connectivity index (χ3v) is 3.06. The van der Waals surface area contributed by atoms with E-state index in [0.717, 1.165) is 30.7 Å². The van der Waals surface area contributed by atoms with E-state index in [-0.39, 0.29) is 5.97 Å². The molecule has 0 radical (unpaired) electrons. The van der Waals surface area contributed by atoms with Gasteiger partial charge in [-0.2, -0.15) is 0 Å². The summed E-state index contributed by atoms with van der Waals surface area (Å²) < 4.78 is 4.69. The Balaban J connectivity index is 2.89. The molecule has 0 atom stereocenters. The number of nitrogens with two attached hydrogens (primary N) is 1. The maximum atomic E-state index is 11.5. The Hall–Kier alpha value is -1.30. The van der Waals surface area contributed by atoms with Crippen LogP contribution in [-0.4, -0.2) is 31.7 Å². The first-order valence-electron chi connectivity index (χ1n) is 5.15. The van der Waals surface area contributed by atoms with Crippen LogP contribution >= 0.6 is 11.3 Å². The first kappa shape index (κ1) is 12.8. The molecule has 0 fully saturated rings. The normalized spacial score (nSPS) is 10.2. The van der Waals surface area contributed by atoms with Gasteiger partial charge in [0.1, 0.15) is 0 Å². The lowest BCUT2D eigenvalue weighted by molar-refractivity contribution is 0.0606. The highest BCUT2D eigenvalue weighted by atomic mass is 32.1. The van der Waals surface area contributed by atoms with Crippen LogP contribution < -0.4 is 10.6 Å². The number of carbonyl (C=O) groups excluding carboxylic acids is 1. The van der Waals surface area contributed by atoms with E-state index < -0.39 is 0 Å². The summed E-state index contributed by atoms with van der Waals surface area (Å²) >= 11 is 1.16. The summed E-state index contributed by atoms with van der Waals surface area (Å²) in [4.78, 5) is 18.0. The van der Waals surface area contributed by atoms with Crippen LogP contribution in [0.5, 0.6) is 0 Å². The number of carbonyl (C=O) groups is 1. The fourth-order valence-electron chi connectivity index (χ4n) is 1.31. The lowest BCUT2D eigenvalue weighted by Crippen LogP contribution is -2.21. The van der Waals surface area contributed by atoms with Crippen LogP contribution in [0.3, 0.4) is 0 Å². The van der Waals surface area contributed by atoms with Crippen molar-refractivity contribution in [1.82, 2.24) is 4.98 Å². The number of methoxy groups -OCH3 is 1. The number of thiazole rings is 1. The van der Waals surface area contributed by atoms with Crippen LogP contribution in [-0.2, 0) is 4.74 Å². The van der Waals surface area contributed by atoms with E-state index in [1.54, 1.807) is 0 Å². The maximum Gasteiger partial charge on any atom is 0.352 e. The Labute approximate surface area is 99.2 Å². The molecule has 1 aromatic rings. The average Bonchev–Trinajstić information content (AvgIpc) is 2.67. The van der Waals surface area contributed by atoms with Gasteiger partial charge in [-0.25, -0.2) is 9.78 Å². The maximum absolute atomic E-state index is 11.5. The molecule has 0 aliphatic carbocycles. The first-order valence-corrected chi connectivity index (χ1v) is 5.97. The number of hydrogen-bond donors (Lipinski definition) is 1. The van der Waals surface area contributed by atoms with Crippen LogP contribution in [0, 0.1) is 0 Å². The Kier molecular flexibility index (Phi) is 4.54. The van der Waals surface area contributed by atoms with Crippen LogP contribution in [0.15, 0.2) is 0 Å². The topological polar surface area (TPSA) is 68.5 Å². The van der Waals surface area contributed by atoms with Crippen molar-refractivity contribution >= 4 is 28.3 Å². The molecule has 2 N–H and O–H groups in total. The molecule has 0 saturated heterocycles. The lowest BCUT2D eigenvalue weighted by atomic mass is 10.3. The summed E-state index contributed by atoms with van der Waals surface area (Å²) in [6.07, 6.45) is 2.14. The molecule has 90 valence electrons. The van der Waals surface area contributed by atoms with Gasteiger partial charge in [0.15, 0.2) is 15.8 Å². The number of nitrogen functional groups attached to an aromatic ring is 1. The van der Waals surface area contributed by atoms with E-state index in [9.17, 15) is 4.79 Å². The Morgan fingerprint density at radius 1 is 1.62 bits per heavy atom. The van der Waals surface area contributed by atoms with Gasteiger partial charge in [0.25, 0.3) is 0 Å². The summed E-state index contributed by atoms with van der Waals surface area (Å²) in [6, 6.07) is 0. The van der Waals surface area contributed by atoms with Gasteiger partial charge < -0.3 is 15.4 Å². The lowest BCUT2D eigenvalue weighted by Gasteiger charge is -2.16. The monoisotopic (exact) mass is 243 g/mol. The smallest absolute Gasteiger partial charge is 0.352 e. The van der Waals surface area contributed by atoms with E-state index in [1.165, 1.54) is 7.11 Å². The molecule has 0 amide bonds. The molecular formula is C10H17N3O2S. The van der Waals surface area contributed by atoms with Crippen molar-refractivity contribution in [2.24, 2.45) is 0 Å². The number of unbranched alkanes of at least 4 members (excludes halogenated alkanes) is 1. The van der Waals surface area contributed by atoms with Gasteiger partial charge in [0, 0.05) is 13.6 Å². The molecule has 0 spiro atoms. The minimum atomic E-state index is -0.382. The van der Waals surface area contributed by atoms with Gasteiger partial charge in [0.05, 0.1) is 7.11 Å². The molecule has 0 aliphatic heterocycles. The molecular weight excluding hydrogens is 226 g/mol. The quantitative estimate of drug-likeness (QED) is 0.798. The molecule has 0 bridgehead atoms. The molecule has 0 saturated carbocycles. The fraction of sp³-hybridized carbons (Fsp3) is 0.600. The second-order valence-corrected chi connectivity index (χ2v) is 4.50. The molecule has 1 rings (SSSR count). The second kappa shape index (κ2) is 5.69. The zero-order chi connectivity index (χ0) is 12.1. The van der Waals surface area contributed by atoms with Crippen molar-refractivity contribution in [2.45, 2.75) is 19.8 Å². The number of anilines is 2. The Morgan fingerprint density at radius 2 is 2.31 bits per heavy atom. The van der Waals surface area contributed by atoms with Crippen LogP contribution in [0.25, 0.3) is 0 Å². The number of ether oxygens (including phenoxy) is 1. The van der Waals surface area contributed by atoms with E-state index >= 15 is 0 Å². The third kappa shape index (κ3) is 2.85. The molecule has 5 nitrogen and oxygen atoms in total. The second-order valence-electron chi connectivity index (χ2n) is 3.47. The zero-order valence-electron chi connectivity index (χ0n) is 9.82. The standard InChI is InChI=1S/C10H17N3O2S/c1-4-5-6-13(2)8-7(9(14)15-3)16-10(11)12-8/h4-6H2,1-3H3,(H2,11,12). The summed E-state index contributed by atoms with van der Waals surface area (Å²) in [7, 11) is 3.25. The van der Waals surface area contributed by atoms with Crippen LogP contribution in [0.1, 0.15) is 29.4 Å². The minimum absolute atomic E-state index is 0.382. The SMILES string of the molecule is CCCCN(C)c1nc(N)sc1C(=O)OC. The van der Waals surface area contributed by atoms with Crippen molar-refractivity contribution in [3.05, 3.63) is 4.88 Å². The number of rotatable bonds is 5. The van der Waals surface area contributed by atoms with Crippen molar-refractivity contribution < 1.29 is 9.53 Å². The van der Waals surface area contributed by atoms with E-state index in [1.807, 2.05) is 11.9 Å². The molecule has 1 heterocycles. The summed E-state index contributed by atoms with van der Waals surface area (Å²) in [5.74, 6) is 0.232. The fourth-order valence-corrected chi connectivity index (χ4v) is 2.11. The van der Waals surface area contributed by atoms with Gasteiger partial charge in [0.2, 0.25) is 0 Å². The summed E-state index contributed by atoms with van der Waals surface area (Å²) in [6.45, 7) is 2.97. The molecule has 0 unspecified atom stereocenters.